The molecule has 158 valence electrons. The molecule has 31 heavy (non-hydrogen) atoms. The van der Waals surface area contributed by atoms with Crippen molar-refractivity contribution in [2.45, 2.75) is 22.7 Å². The lowest BCUT2D eigenvalue weighted by Crippen LogP contribution is -2.28. The van der Waals surface area contributed by atoms with Gasteiger partial charge in [0, 0.05) is 29.8 Å². The minimum atomic E-state index is -0.511. The van der Waals surface area contributed by atoms with E-state index in [4.69, 9.17) is 0 Å². The Morgan fingerprint density at radius 2 is 2.10 bits per heavy atom. The Morgan fingerprint density at radius 3 is 2.81 bits per heavy atom. The van der Waals surface area contributed by atoms with Crippen LogP contribution in [0.1, 0.15) is 21.9 Å². The molecule has 0 aliphatic heterocycles. The van der Waals surface area contributed by atoms with E-state index < -0.39 is 10.8 Å². The van der Waals surface area contributed by atoms with E-state index >= 15 is 0 Å². The molecule has 0 saturated heterocycles. The largest absolute Gasteiger partial charge is 0.334 e. The lowest BCUT2D eigenvalue weighted by Gasteiger charge is -2.16. The zero-order chi connectivity index (χ0) is 22.1. The molecule has 0 bridgehead atoms. The van der Waals surface area contributed by atoms with Crippen molar-refractivity contribution in [3.05, 3.63) is 72.6 Å². The van der Waals surface area contributed by atoms with Crippen molar-refractivity contribution in [2.24, 2.45) is 0 Å². The molecule has 1 aromatic carbocycles. The number of carbonyl (C=O) groups is 1. The summed E-state index contributed by atoms with van der Waals surface area (Å²) in [6, 6.07) is 6.11. The first kappa shape index (κ1) is 21.2. The molecule has 9 nitrogen and oxygen atoms in total. The summed E-state index contributed by atoms with van der Waals surface area (Å²) in [6.45, 7) is 1.91. The quantitative estimate of drug-likeness (QED) is 0.331. The SMILES string of the molecule is Cc1csc(Sc2ccc(C(=O)N(C)Cc3nc4ccsc4c(=O)[nH]3)cc2[N+](=O)[O-])n1. The molecule has 4 aromatic rings. The average Bonchev–Trinajstić information content (AvgIpc) is 3.36. The number of nitro benzene ring substituents is 1. The van der Waals surface area contributed by atoms with Crippen molar-refractivity contribution >= 4 is 56.2 Å². The predicted molar refractivity (Wildman–Crippen MR) is 120 cm³/mol. The normalized spacial score (nSPS) is 11.0. The van der Waals surface area contributed by atoms with Gasteiger partial charge in [0.15, 0.2) is 4.34 Å². The molecule has 0 aliphatic rings. The van der Waals surface area contributed by atoms with Crippen LogP contribution in [0.5, 0.6) is 0 Å². The lowest BCUT2D eigenvalue weighted by atomic mass is 10.2. The maximum absolute atomic E-state index is 12.9. The van der Waals surface area contributed by atoms with Crippen LogP contribution in [0.25, 0.3) is 10.2 Å². The summed E-state index contributed by atoms with van der Waals surface area (Å²) >= 11 is 3.89. The van der Waals surface area contributed by atoms with E-state index in [1.807, 2.05) is 12.3 Å². The van der Waals surface area contributed by atoms with E-state index in [9.17, 15) is 19.7 Å². The average molecular weight is 474 g/mol. The highest BCUT2D eigenvalue weighted by atomic mass is 32.2. The number of aromatic amines is 1. The maximum atomic E-state index is 12.9. The Balaban J connectivity index is 1.57. The third-order valence-corrected chi connectivity index (χ3v) is 7.32. The Kier molecular flexibility index (Phi) is 5.85. The number of H-pyrrole nitrogens is 1. The van der Waals surface area contributed by atoms with Gasteiger partial charge in [0.25, 0.3) is 17.2 Å². The van der Waals surface area contributed by atoms with Gasteiger partial charge in [-0.15, -0.1) is 22.7 Å². The van der Waals surface area contributed by atoms with Crippen LogP contribution < -0.4 is 5.56 Å². The molecule has 3 aromatic heterocycles. The van der Waals surface area contributed by atoms with Gasteiger partial charge >= 0.3 is 0 Å². The second-order valence-corrected chi connectivity index (χ2v) is 9.67. The zero-order valence-electron chi connectivity index (χ0n) is 16.3. The van der Waals surface area contributed by atoms with E-state index in [0.717, 1.165) is 5.69 Å². The van der Waals surface area contributed by atoms with Crippen molar-refractivity contribution < 1.29 is 9.72 Å². The van der Waals surface area contributed by atoms with E-state index in [-0.39, 0.29) is 23.4 Å². The monoisotopic (exact) mass is 473 g/mol. The van der Waals surface area contributed by atoms with Crippen LogP contribution in [0.2, 0.25) is 0 Å². The summed E-state index contributed by atoms with van der Waals surface area (Å²) in [5, 5.41) is 15.2. The molecule has 3 heterocycles. The fourth-order valence-corrected chi connectivity index (χ4v) is 5.47. The fraction of sp³-hybridized carbons (Fsp3) is 0.158. The lowest BCUT2D eigenvalue weighted by molar-refractivity contribution is -0.387. The highest BCUT2D eigenvalue weighted by Gasteiger charge is 2.21. The number of nitrogens with zero attached hydrogens (tertiary/aromatic N) is 4. The number of hydrogen-bond donors (Lipinski definition) is 1. The zero-order valence-corrected chi connectivity index (χ0v) is 18.8. The first-order chi connectivity index (χ1) is 14.8. The standard InChI is InChI=1S/C19H15N5O4S3/c1-10-9-30-19(20-10)31-14-4-3-11(7-13(14)24(27)28)18(26)23(2)8-15-21-12-5-6-29-16(12)17(25)22-15/h3-7,9H,8H2,1-2H3,(H,21,22,25). The third kappa shape index (κ3) is 4.50. The van der Waals surface area contributed by atoms with Gasteiger partial charge in [-0.25, -0.2) is 9.97 Å². The topological polar surface area (TPSA) is 122 Å². The summed E-state index contributed by atoms with van der Waals surface area (Å²) in [5.74, 6) is -0.0784. The maximum Gasteiger partial charge on any atom is 0.284 e. The second-order valence-electron chi connectivity index (χ2n) is 6.61. The number of carbonyl (C=O) groups excluding carboxylic acids is 1. The molecule has 0 saturated carbocycles. The van der Waals surface area contributed by atoms with Crippen LogP contribution in [-0.4, -0.2) is 37.7 Å². The molecular weight excluding hydrogens is 458 g/mol. The minimum Gasteiger partial charge on any atom is -0.334 e. The molecule has 0 spiro atoms. The number of aromatic nitrogens is 3. The van der Waals surface area contributed by atoms with E-state index in [1.54, 1.807) is 30.6 Å². The van der Waals surface area contributed by atoms with E-state index in [2.05, 4.69) is 15.0 Å². The van der Waals surface area contributed by atoms with Gasteiger partial charge in [-0.1, -0.05) is 11.8 Å². The van der Waals surface area contributed by atoms with Gasteiger partial charge in [0.05, 0.1) is 21.9 Å². The summed E-state index contributed by atoms with van der Waals surface area (Å²) in [4.78, 5) is 49.2. The molecule has 1 N–H and O–H groups in total. The van der Waals surface area contributed by atoms with E-state index in [0.29, 0.717) is 25.3 Å². The Bertz CT molecular complexity index is 1360. The van der Waals surface area contributed by atoms with Crippen LogP contribution in [0.4, 0.5) is 5.69 Å². The Labute approximate surface area is 187 Å². The van der Waals surface area contributed by atoms with Crippen molar-refractivity contribution in [3.8, 4) is 0 Å². The minimum absolute atomic E-state index is 0.0581. The van der Waals surface area contributed by atoms with Crippen LogP contribution in [0, 0.1) is 17.0 Å². The molecule has 0 fully saturated rings. The smallest absolute Gasteiger partial charge is 0.284 e. The predicted octanol–water partition coefficient (Wildman–Crippen LogP) is 4.08. The van der Waals surface area contributed by atoms with Crippen LogP contribution in [0.15, 0.2) is 49.1 Å². The number of fused-ring (bicyclic) bond motifs is 1. The highest BCUT2D eigenvalue weighted by Crippen LogP contribution is 2.37. The Hall–Kier alpha value is -3.09. The molecule has 0 aliphatic carbocycles. The highest BCUT2D eigenvalue weighted by molar-refractivity contribution is 8.01. The van der Waals surface area contributed by atoms with Crippen molar-refractivity contribution in [3.63, 3.8) is 0 Å². The number of aryl methyl sites for hydroxylation is 1. The van der Waals surface area contributed by atoms with Gasteiger partial charge in [-0.05, 0) is 30.5 Å². The number of amides is 1. The van der Waals surface area contributed by atoms with Gasteiger partial charge in [-0.2, -0.15) is 0 Å². The molecular formula is C19H15N5O4S3. The number of benzene rings is 1. The molecule has 12 heteroatoms. The van der Waals surface area contributed by atoms with Crippen molar-refractivity contribution in [1.29, 1.82) is 0 Å². The van der Waals surface area contributed by atoms with Crippen molar-refractivity contribution in [1.82, 2.24) is 19.9 Å². The number of nitro groups is 1. The van der Waals surface area contributed by atoms with Crippen molar-refractivity contribution in [2.75, 3.05) is 7.05 Å². The van der Waals surface area contributed by atoms with Gasteiger partial charge in [0.1, 0.15) is 10.5 Å². The number of rotatable bonds is 6. The molecule has 0 unspecified atom stereocenters. The first-order valence-electron chi connectivity index (χ1n) is 8.92. The van der Waals surface area contributed by atoms with Gasteiger partial charge in [0.2, 0.25) is 0 Å². The molecule has 0 radical (unpaired) electrons. The fourth-order valence-electron chi connectivity index (χ4n) is 2.87. The molecule has 4 rings (SSSR count). The molecule has 0 atom stereocenters. The summed E-state index contributed by atoms with van der Waals surface area (Å²) in [7, 11) is 1.55. The number of nitrogens with one attached hydrogen (secondary N) is 1. The van der Waals surface area contributed by atoms with E-state index in [1.165, 1.54) is 45.4 Å². The number of thiophene rings is 1. The second kappa shape index (κ2) is 8.57. The first-order valence-corrected chi connectivity index (χ1v) is 11.5. The summed E-state index contributed by atoms with van der Waals surface area (Å²) in [5.41, 5.74) is 1.16. The van der Waals surface area contributed by atoms with Gasteiger partial charge < -0.3 is 9.88 Å². The molecule has 1 amide bonds. The van der Waals surface area contributed by atoms with Crippen LogP contribution >= 0.6 is 34.4 Å². The van der Waals surface area contributed by atoms with Gasteiger partial charge in [-0.3, -0.25) is 19.7 Å². The summed E-state index contributed by atoms with van der Waals surface area (Å²) in [6.07, 6.45) is 0. The number of thiazole rings is 1. The Morgan fingerprint density at radius 1 is 1.29 bits per heavy atom. The summed E-state index contributed by atoms with van der Waals surface area (Å²) < 4.78 is 1.22. The van der Waals surface area contributed by atoms with Crippen LogP contribution in [0.3, 0.4) is 0 Å². The van der Waals surface area contributed by atoms with Crippen LogP contribution in [-0.2, 0) is 6.54 Å². The third-order valence-electron chi connectivity index (χ3n) is 4.30. The number of hydrogen-bond acceptors (Lipinski definition) is 9.